The molecule has 4 aromatic rings. The summed E-state index contributed by atoms with van der Waals surface area (Å²) in [6.45, 7) is 4.18. The first-order valence-corrected chi connectivity index (χ1v) is 8.40. The number of fused-ring (bicyclic) bond motifs is 2. The minimum absolute atomic E-state index is 0.187. The molecule has 4 aromatic carbocycles. The van der Waals surface area contributed by atoms with Crippen LogP contribution in [0, 0.1) is 13.8 Å². The maximum atomic E-state index is 10.8. The molecule has 0 bridgehead atoms. The Bertz CT molecular complexity index is 1050. The van der Waals surface area contributed by atoms with Gasteiger partial charge in [-0.25, -0.2) is 0 Å². The molecule has 0 spiro atoms. The highest BCUT2D eigenvalue weighted by atomic mass is 16.5. The van der Waals surface area contributed by atoms with Crippen molar-refractivity contribution in [3.63, 3.8) is 0 Å². The minimum Gasteiger partial charge on any atom is -0.504 e. The van der Waals surface area contributed by atoms with Gasteiger partial charge < -0.3 is 9.84 Å². The van der Waals surface area contributed by atoms with Crippen LogP contribution in [0.5, 0.6) is 11.5 Å². The molecule has 124 valence electrons. The lowest BCUT2D eigenvalue weighted by atomic mass is 9.88. The van der Waals surface area contributed by atoms with E-state index in [0.717, 1.165) is 27.5 Å². The molecular formula is C23H20O2. The zero-order valence-electron chi connectivity index (χ0n) is 14.6. The van der Waals surface area contributed by atoms with Crippen molar-refractivity contribution >= 4 is 21.5 Å². The van der Waals surface area contributed by atoms with Gasteiger partial charge in [0.05, 0.1) is 7.11 Å². The molecule has 0 heterocycles. The third-order valence-corrected chi connectivity index (χ3v) is 4.91. The minimum atomic E-state index is 0.187. The third-order valence-electron chi connectivity index (χ3n) is 4.91. The van der Waals surface area contributed by atoms with Gasteiger partial charge >= 0.3 is 0 Å². The Balaban J connectivity index is 2.25. The number of hydrogen-bond acceptors (Lipinski definition) is 2. The monoisotopic (exact) mass is 328 g/mol. The Morgan fingerprint density at radius 2 is 1.28 bits per heavy atom. The van der Waals surface area contributed by atoms with Crippen LogP contribution in [0.25, 0.3) is 32.7 Å². The second-order valence-electron chi connectivity index (χ2n) is 6.45. The van der Waals surface area contributed by atoms with Crippen molar-refractivity contribution in [2.45, 2.75) is 13.8 Å². The summed E-state index contributed by atoms with van der Waals surface area (Å²) in [7, 11) is 1.59. The van der Waals surface area contributed by atoms with Crippen LogP contribution in [0.2, 0.25) is 0 Å². The first kappa shape index (κ1) is 15.5. The van der Waals surface area contributed by atoms with Crippen molar-refractivity contribution < 1.29 is 9.84 Å². The number of ether oxygens (including phenoxy) is 1. The van der Waals surface area contributed by atoms with Gasteiger partial charge in [-0.3, -0.25) is 0 Å². The van der Waals surface area contributed by atoms with Gasteiger partial charge in [0.2, 0.25) is 0 Å². The van der Waals surface area contributed by atoms with Gasteiger partial charge in [-0.2, -0.15) is 0 Å². The molecule has 2 nitrogen and oxygen atoms in total. The highest BCUT2D eigenvalue weighted by Gasteiger charge is 2.18. The Morgan fingerprint density at radius 1 is 0.760 bits per heavy atom. The van der Waals surface area contributed by atoms with Crippen molar-refractivity contribution in [3.05, 3.63) is 71.8 Å². The molecule has 0 aliphatic rings. The van der Waals surface area contributed by atoms with E-state index in [0.29, 0.717) is 5.75 Å². The maximum absolute atomic E-state index is 10.8. The lowest BCUT2D eigenvalue weighted by Gasteiger charge is -2.17. The number of phenols is 1. The Kier molecular flexibility index (Phi) is 3.61. The molecule has 0 saturated heterocycles. The van der Waals surface area contributed by atoms with E-state index in [2.05, 4.69) is 43.3 Å². The van der Waals surface area contributed by atoms with Crippen LogP contribution < -0.4 is 4.74 Å². The largest absolute Gasteiger partial charge is 0.504 e. The van der Waals surface area contributed by atoms with Crippen LogP contribution in [0.3, 0.4) is 0 Å². The number of phenolic OH excluding ortho intramolecular Hbond substituents is 1. The quantitative estimate of drug-likeness (QED) is 0.458. The molecule has 25 heavy (non-hydrogen) atoms. The van der Waals surface area contributed by atoms with Gasteiger partial charge in [-0.1, -0.05) is 48.5 Å². The summed E-state index contributed by atoms with van der Waals surface area (Å²) >= 11 is 0. The van der Waals surface area contributed by atoms with E-state index in [4.69, 9.17) is 4.74 Å². The SMILES string of the molecule is COc1cc(C)cc(-c2c3ccccc3c(C)c3ccccc23)c1O. The number of benzene rings is 4. The van der Waals surface area contributed by atoms with E-state index in [1.54, 1.807) is 7.11 Å². The molecular weight excluding hydrogens is 308 g/mol. The summed E-state index contributed by atoms with van der Waals surface area (Å²) in [5.41, 5.74) is 4.17. The van der Waals surface area contributed by atoms with Crippen molar-refractivity contribution in [1.29, 1.82) is 0 Å². The predicted molar refractivity (Wildman–Crippen MR) is 105 cm³/mol. The Morgan fingerprint density at radius 3 is 1.80 bits per heavy atom. The van der Waals surface area contributed by atoms with E-state index < -0.39 is 0 Å². The van der Waals surface area contributed by atoms with E-state index in [9.17, 15) is 5.11 Å². The number of rotatable bonds is 2. The number of methoxy groups -OCH3 is 1. The second-order valence-corrected chi connectivity index (χ2v) is 6.45. The number of hydrogen-bond donors (Lipinski definition) is 1. The summed E-state index contributed by atoms with van der Waals surface area (Å²) in [5, 5.41) is 15.5. The van der Waals surface area contributed by atoms with Crippen LogP contribution in [0.1, 0.15) is 11.1 Å². The Labute approximate surface area is 147 Å². The molecule has 4 rings (SSSR count). The van der Waals surface area contributed by atoms with Crippen LogP contribution >= 0.6 is 0 Å². The van der Waals surface area contributed by atoms with E-state index in [1.165, 1.54) is 16.3 Å². The molecule has 0 aliphatic heterocycles. The molecule has 0 radical (unpaired) electrons. The third kappa shape index (κ3) is 2.33. The maximum Gasteiger partial charge on any atom is 0.165 e. The first-order valence-electron chi connectivity index (χ1n) is 8.40. The van der Waals surface area contributed by atoms with Gasteiger partial charge in [0, 0.05) is 11.1 Å². The van der Waals surface area contributed by atoms with Crippen LogP contribution in [-0.4, -0.2) is 12.2 Å². The fourth-order valence-electron chi connectivity index (χ4n) is 3.73. The molecule has 0 aromatic heterocycles. The molecule has 0 unspecified atom stereocenters. The number of aromatic hydroxyl groups is 1. The van der Waals surface area contributed by atoms with Crippen LogP contribution in [-0.2, 0) is 0 Å². The summed E-state index contributed by atoms with van der Waals surface area (Å²) in [6, 6.07) is 20.6. The van der Waals surface area contributed by atoms with Gasteiger partial charge in [0.1, 0.15) is 0 Å². The fourth-order valence-corrected chi connectivity index (χ4v) is 3.73. The van der Waals surface area contributed by atoms with E-state index in [1.807, 2.05) is 31.2 Å². The zero-order valence-corrected chi connectivity index (χ0v) is 14.6. The summed E-state index contributed by atoms with van der Waals surface area (Å²) in [5.74, 6) is 0.691. The van der Waals surface area contributed by atoms with Crippen molar-refractivity contribution in [1.82, 2.24) is 0 Å². The highest BCUT2D eigenvalue weighted by molar-refractivity contribution is 6.15. The standard InChI is InChI=1S/C23H20O2/c1-14-12-20(23(24)21(13-14)25-3)22-18-10-6-4-8-16(18)15(2)17-9-5-7-11-19(17)22/h4-13,24H,1-3H3. The molecule has 0 fully saturated rings. The Hall–Kier alpha value is -3.00. The molecule has 1 N–H and O–H groups in total. The fraction of sp³-hybridized carbons (Fsp3) is 0.130. The van der Waals surface area contributed by atoms with Gasteiger partial charge in [-0.15, -0.1) is 0 Å². The topological polar surface area (TPSA) is 29.5 Å². The normalized spacial score (nSPS) is 11.2. The van der Waals surface area contributed by atoms with Crippen molar-refractivity contribution in [3.8, 4) is 22.6 Å². The summed E-state index contributed by atoms with van der Waals surface area (Å²) in [6.07, 6.45) is 0. The zero-order chi connectivity index (χ0) is 17.6. The predicted octanol–water partition coefficient (Wildman–Crippen LogP) is 5.99. The molecule has 0 amide bonds. The second kappa shape index (κ2) is 5.82. The average Bonchev–Trinajstić information content (AvgIpc) is 2.64. The number of aryl methyl sites for hydroxylation is 2. The van der Waals surface area contributed by atoms with Gasteiger partial charge in [0.15, 0.2) is 11.5 Å². The van der Waals surface area contributed by atoms with Gasteiger partial charge in [0.25, 0.3) is 0 Å². The smallest absolute Gasteiger partial charge is 0.165 e. The molecule has 0 saturated carbocycles. The summed E-state index contributed by atoms with van der Waals surface area (Å²) in [4.78, 5) is 0. The highest BCUT2D eigenvalue weighted by Crippen LogP contribution is 2.45. The van der Waals surface area contributed by atoms with E-state index >= 15 is 0 Å². The van der Waals surface area contributed by atoms with E-state index in [-0.39, 0.29) is 5.75 Å². The summed E-state index contributed by atoms with van der Waals surface area (Å²) < 4.78 is 5.39. The lowest BCUT2D eigenvalue weighted by molar-refractivity contribution is 0.374. The first-order chi connectivity index (χ1) is 12.1. The van der Waals surface area contributed by atoms with Crippen molar-refractivity contribution in [2.24, 2.45) is 0 Å². The molecule has 0 atom stereocenters. The van der Waals surface area contributed by atoms with Gasteiger partial charge in [-0.05, 0) is 58.7 Å². The molecule has 2 heteroatoms. The van der Waals surface area contributed by atoms with Crippen LogP contribution in [0.4, 0.5) is 0 Å². The van der Waals surface area contributed by atoms with Crippen LogP contribution in [0.15, 0.2) is 60.7 Å². The molecule has 0 aliphatic carbocycles. The lowest BCUT2D eigenvalue weighted by Crippen LogP contribution is -1.92. The van der Waals surface area contributed by atoms with Crippen molar-refractivity contribution in [2.75, 3.05) is 7.11 Å². The average molecular weight is 328 g/mol.